The molecule has 0 radical (unpaired) electrons. The number of nitrogens with zero attached hydrogens (tertiary/aromatic N) is 1. The lowest BCUT2D eigenvalue weighted by molar-refractivity contribution is -0.119. The molecule has 1 aromatic carbocycles. The van der Waals surface area contributed by atoms with E-state index >= 15 is 0 Å². The fourth-order valence-electron chi connectivity index (χ4n) is 2.19. The maximum atomic E-state index is 11.9. The number of carbonyl (C=O) groups excluding carboxylic acids is 1. The first kappa shape index (κ1) is 15.9. The summed E-state index contributed by atoms with van der Waals surface area (Å²) in [5.74, 6) is 0.0574. The third-order valence-electron chi connectivity index (χ3n) is 3.51. The van der Waals surface area contributed by atoms with Gasteiger partial charge in [-0.05, 0) is 33.3 Å². The lowest BCUT2D eigenvalue weighted by Crippen LogP contribution is -2.38. The van der Waals surface area contributed by atoms with Crippen molar-refractivity contribution in [2.24, 2.45) is 0 Å². The van der Waals surface area contributed by atoms with Crippen molar-refractivity contribution in [3.05, 3.63) is 35.4 Å². The summed E-state index contributed by atoms with van der Waals surface area (Å²) in [6.45, 7) is 9.24. The highest BCUT2D eigenvalue weighted by atomic mass is 16.3. The Labute approximate surface area is 116 Å². The minimum Gasteiger partial charge on any atom is -0.395 e. The molecule has 0 bridgehead atoms. The monoisotopic (exact) mass is 263 g/mol. The van der Waals surface area contributed by atoms with Crippen LogP contribution in [0.4, 0.5) is 0 Å². The zero-order chi connectivity index (χ0) is 14.4. The number of Topliss-reactive ketones (excluding diaryl/α,β-unsaturated/α-hetero) is 1. The summed E-state index contributed by atoms with van der Waals surface area (Å²) in [4.78, 5) is 14.0. The van der Waals surface area contributed by atoms with Gasteiger partial charge >= 0.3 is 0 Å². The van der Waals surface area contributed by atoms with Crippen LogP contribution in [-0.4, -0.2) is 41.5 Å². The zero-order valence-electron chi connectivity index (χ0n) is 12.4. The highest BCUT2D eigenvalue weighted by Gasteiger charge is 2.21. The van der Waals surface area contributed by atoms with Crippen LogP contribution < -0.4 is 0 Å². The predicted octanol–water partition coefficient (Wildman–Crippen LogP) is 2.37. The highest BCUT2D eigenvalue weighted by molar-refractivity contribution is 5.83. The number of hydrogen-bond donors (Lipinski definition) is 1. The summed E-state index contributed by atoms with van der Waals surface area (Å²) < 4.78 is 0. The summed E-state index contributed by atoms with van der Waals surface area (Å²) in [6, 6.07) is 8.45. The van der Waals surface area contributed by atoms with Gasteiger partial charge in [0.25, 0.3) is 0 Å². The molecule has 1 rings (SSSR count). The zero-order valence-corrected chi connectivity index (χ0v) is 12.4. The Morgan fingerprint density at radius 3 is 2.26 bits per heavy atom. The van der Waals surface area contributed by atoms with E-state index in [1.54, 1.807) is 6.92 Å². The number of aryl methyl sites for hydroxylation is 1. The molecule has 19 heavy (non-hydrogen) atoms. The molecule has 1 aromatic rings. The minimum absolute atomic E-state index is 0.116. The standard InChI is InChI=1S/C16H25NO2/c1-12(2)17(9-10-18)11-16(14(4)19)15-7-5-13(3)6-8-15/h5-8,12,16,18H,9-11H2,1-4H3/t16-/m0/s1. The summed E-state index contributed by atoms with van der Waals surface area (Å²) in [5, 5.41) is 9.12. The van der Waals surface area contributed by atoms with Crippen molar-refractivity contribution in [1.82, 2.24) is 4.90 Å². The molecule has 0 amide bonds. The molecule has 0 heterocycles. The molecular formula is C16H25NO2. The first-order valence-corrected chi connectivity index (χ1v) is 6.87. The van der Waals surface area contributed by atoms with Gasteiger partial charge in [-0.3, -0.25) is 9.69 Å². The number of aliphatic hydroxyl groups is 1. The molecule has 1 N–H and O–H groups in total. The van der Waals surface area contributed by atoms with Crippen LogP contribution in [0.2, 0.25) is 0 Å². The van der Waals surface area contributed by atoms with Gasteiger partial charge in [0, 0.05) is 19.1 Å². The largest absolute Gasteiger partial charge is 0.395 e. The fraction of sp³-hybridized carbons (Fsp3) is 0.562. The third kappa shape index (κ3) is 4.77. The summed E-state index contributed by atoms with van der Waals surface area (Å²) >= 11 is 0. The molecule has 0 aromatic heterocycles. The Kier molecular flexibility index (Phi) is 6.19. The lowest BCUT2D eigenvalue weighted by atomic mass is 9.93. The second kappa shape index (κ2) is 7.41. The van der Waals surface area contributed by atoms with E-state index in [9.17, 15) is 4.79 Å². The van der Waals surface area contributed by atoms with Gasteiger partial charge < -0.3 is 5.11 Å². The molecular weight excluding hydrogens is 238 g/mol. The maximum absolute atomic E-state index is 11.9. The molecule has 106 valence electrons. The molecule has 0 aliphatic rings. The van der Waals surface area contributed by atoms with Crippen LogP contribution in [0, 0.1) is 6.92 Å². The minimum atomic E-state index is -0.116. The van der Waals surface area contributed by atoms with E-state index in [-0.39, 0.29) is 18.3 Å². The smallest absolute Gasteiger partial charge is 0.138 e. The van der Waals surface area contributed by atoms with Crippen molar-refractivity contribution in [3.63, 3.8) is 0 Å². The molecule has 0 aliphatic heterocycles. The molecule has 0 spiro atoms. The number of aliphatic hydroxyl groups excluding tert-OH is 1. The van der Waals surface area contributed by atoms with Crippen LogP contribution in [0.15, 0.2) is 24.3 Å². The van der Waals surface area contributed by atoms with Crippen molar-refractivity contribution >= 4 is 5.78 Å². The third-order valence-corrected chi connectivity index (χ3v) is 3.51. The van der Waals surface area contributed by atoms with E-state index < -0.39 is 0 Å². The average molecular weight is 263 g/mol. The van der Waals surface area contributed by atoms with E-state index in [2.05, 4.69) is 18.7 Å². The normalized spacial score (nSPS) is 13.0. The number of hydrogen-bond acceptors (Lipinski definition) is 3. The number of carbonyl (C=O) groups is 1. The quantitative estimate of drug-likeness (QED) is 0.821. The Morgan fingerprint density at radius 1 is 1.26 bits per heavy atom. The van der Waals surface area contributed by atoms with Gasteiger partial charge in [0.15, 0.2) is 0 Å². The predicted molar refractivity (Wildman–Crippen MR) is 78.4 cm³/mol. The first-order chi connectivity index (χ1) is 8.95. The van der Waals surface area contributed by atoms with Crippen molar-refractivity contribution in [3.8, 4) is 0 Å². The molecule has 3 nitrogen and oxygen atoms in total. The van der Waals surface area contributed by atoms with Gasteiger partial charge in [-0.15, -0.1) is 0 Å². The molecule has 0 aliphatic carbocycles. The first-order valence-electron chi connectivity index (χ1n) is 6.87. The van der Waals surface area contributed by atoms with E-state index in [4.69, 9.17) is 5.11 Å². The van der Waals surface area contributed by atoms with Crippen molar-refractivity contribution in [1.29, 1.82) is 0 Å². The SMILES string of the molecule is CC(=O)[C@H](CN(CCO)C(C)C)c1ccc(C)cc1. The lowest BCUT2D eigenvalue weighted by Gasteiger charge is -2.29. The topological polar surface area (TPSA) is 40.5 Å². The average Bonchev–Trinajstić information content (AvgIpc) is 2.35. The molecule has 0 saturated carbocycles. The Bertz CT molecular complexity index is 398. The van der Waals surface area contributed by atoms with E-state index in [0.29, 0.717) is 19.1 Å². The summed E-state index contributed by atoms with van der Waals surface area (Å²) in [6.07, 6.45) is 0. The molecule has 0 fully saturated rings. The summed E-state index contributed by atoms with van der Waals surface area (Å²) in [7, 11) is 0. The second-order valence-corrected chi connectivity index (χ2v) is 5.39. The van der Waals surface area contributed by atoms with E-state index in [0.717, 1.165) is 5.56 Å². The Balaban J connectivity index is 2.88. The van der Waals surface area contributed by atoms with Gasteiger partial charge in [0.2, 0.25) is 0 Å². The molecule has 3 heteroatoms. The number of benzene rings is 1. The van der Waals surface area contributed by atoms with Crippen LogP contribution in [0.3, 0.4) is 0 Å². The van der Waals surface area contributed by atoms with Gasteiger partial charge in [-0.1, -0.05) is 29.8 Å². The Hall–Kier alpha value is -1.19. The van der Waals surface area contributed by atoms with Gasteiger partial charge in [0.05, 0.1) is 12.5 Å². The van der Waals surface area contributed by atoms with Crippen LogP contribution in [0.1, 0.15) is 37.8 Å². The summed E-state index contributed by atoms with van der Waals surface area (Å²) in [5.41, 5.74) is 2.25. The van der Waals surface area contributed by atoms with Gasteiger partial charge in [-0.25, -0.2) is 0 Å². The Morgan fingerprint density at radius 2 is 1.84 bits per heavy atom. The molecule has 0 saturated heterocycles. The van der Waals surface area contributed by atoms with Crippen molar-refractivity contribution < 1.29 is 9.90 Å². The molecule has 1 atom stereocenters. The van der Waals surface area contributed by atoms with E-state index in [1.165, 1.54) is 5.56 Å². The van der Waals surface area contributed by atoms with Crippen molar-refractivity contribution in [2.45, 2.75) is 39.7 Å². The van der Waals surface area contributed by atoms with Crippen molar-refractivity contribution in [2.75, 3.05) is 19.7 Å². The molecule has 0 unspecified atom stereocenters. The second-order valence-electron chi connectivity index (χ2n) is 5.39. The number of ketones is 1. The van der Waals surface area contributed by atoms with Crippen LogP contribution in [0.25, 0.3) is 0 Å². The highest BCUT2D eigenvalue weighted by Crippen LogP contribution is 2.20. The number of rotatable bonds is 7. The van der Waals surface area contributed by atoms with Gasteiger partial charge in [-0.2, -0.15) is 0 Å². The maximum Gasteiger partial charge on any atom is 0.138 e. The fourth-order valence-corrected chi connectivity index (χ4v) is 2.19. The van der Waals surface area contributed by atoms with Crippen LogP contribution in [-0.2, 0) is 4.79 Å². The van der Waals surface area contributed by atoms with Gasteiger partial charge in [0.1, 0.15) is 5.78 Å². The van der Waals surface area contributed by atoms with E-state index in [1.807, 2.05) is 31.2 Å². The van der Waals surface area contributed by atoms with Crippen LogP contribution in [0.5, 0.6) is 0 Å². The van der Waals surface area contributed by atoms with Crippen LogP contribution >= 0.6 is 0 Å².